The van der Waals surface area contributed by atoms with Gasteiger partial charge in [-0.25, -0.2) is 4.98 Å². The number of benzene rings is 1. The summed E-state index contributed by atoms with van der Waals surface area (Å²) in [6, 6.07) is 12.0. The number of fused-ring (bicyclic) bond motifs is 1. The summed E-state index contributed by atoms with van der Waals surface area (Å²) >= 11 is 0. The highest BCUT2D eigenvalue weighted by Crippen LogP contribution is 2.19. The van der Waals surface area contributed by atoms with Crippen LogP contribution < -0.4 is 4.74 Å². The van der Waals surface area contributed by atoms with Gasteiger partial charge < -0.3 is 9.64 Å². The number of rotatable bonds is 7. The minimum absolute atomic E-state index is 0.0607. The molecule has 5 nitrogen and oxygen atoms in total. The van der Waals surface area contributed by atoms with Crippen molar-refractivity contribution in [2.24, 2.45) is 0 Å². The Balaban J connectivity index is 1.63. The average Bonchev–Trinajstić information content (AvgIpc) is 2.66. The van der Waals surface area contributed by atoms with Crippen LogP contribution in [0.4, 0.5) is 0 Å². The van der Waals surface area contributed by atoms with Gasteiger partial charge in [-0.1, -0.05) is 24.3 Å². The molecule has 0 unspecified atom stereocenters. The van der Waals surface area contributed by atoms with Gasteiger partial charge in [0.25, 0.3) is 0 Å². The van der Waals surface area contributed by atoms with Crippen molar-refractivity contribution in [2.75, 3.05) is 32.7 Å². The van der Waals surface area contributed by atoms with Crippen molar-refractivity contribution in [1.82, 2.24) is 14.8 Å². The molecule has 1 saturated heterocycles. The van der Waals surface area contributed by atoms with E-state index in [0.29, 0.717) is 5.88 Å². The fourth-order valence-corrected chi connectivity index (χ4v) is 3.31. The lowest BCUT2D eigenvalue weighted by Crippen LogP contribution is -2.50. The number of ether oxygens (including phenoxy) is 1. The standard InChI is InChI=1S/C21H27N3O2/c1-3-4-8-19(16-23-12-14-24(15-13-23)17(2)25)26-21-11-10-18-7-5-6-9-20(18)22-21/h3,5-7,9-11,19H,1,4,8,12-16H2,2H3/t19-/m1/s1. The molecule has 0 aliphatic carbocycles. The number of para-hydroxylation sites is 1. The fourth-order valence-electron chi connectivity index (χ4n) is 3.31. The van der Waals surface area contributed by atoms with Crippen molar-refractivity contribution < 1.29 is 9.53 Å². The third-order valence-electron chi connectivity index (χ3n) is 4.83. The molecule has 0 spiro atoms. The smallest absolute Gasteiger partial charge is 0.219 e. The molecule has 3 rings (SSSR count). The van der Waals surface area contributed by atoms with Gasteiger partial charge in [0.15, 0.2) is 0 Å². The zero-order valence-corrected chi connectivity index (χ0v) is 15.4. The molecule has 5 heteroatoms. The van der Waals surface area contributed by atoms with E-state index >= 15 is 0 Å². The largest absolute Gasteiger partial charge is 0.473 e. The Morgan fingerprint density at radius 3 is 2.73 bits per heavy atom. The highest BCUT2D eigenvalue weighted by molar-refractivity contribution is 5.78. The normalized spacial score (nSPS) is 16.4. The molecule has 1 aromatic carbocycles. The lowest BCUT2D eigenvalue weighted by Gasteiger charge is -2.35. The van der Waals surface area contributed by atoms with E-state index < -0.39 is 0 Å². The Labute approximate surface area is 155 Å². The second-order valence-electron chi connectivity index (χ2n) is 6.75. The minimum atomic E-state index is 0.0607. The number of aromatic nitrogens is 1. The Morgan fingerprint density at radius 2 is 2.00 bits per heavy atom. The molecule has 26 heavy (non-hydrogen) atoms. The van der Waals surface area contributed by atoms with Crippen molar-refractivity contribution in [1.29, 1.82) is 0 Å². The third kappa shape index (κ3) is 4.82. The van der Waals surface area contributed by atoms with E-state index in [4.69, 9.17) is 4.74 Å². The van der Waals surface area contributed by atoms with E-state index in [-0.39, 0.29) is 12.0 Å². The number of carbonyl (C=O) groups excluding carboxylic acids is 1. The van der Waals surface area contributed by atoms with Gasteiger partial charge in [-0.05, 0) is 25.0 Å². The highest BCUT2D eigenvalue weighted by atomic mass is 16.5. The van der Waals surface area contributed by atoms with Crippen LogP contribution in [0.3, 0.4) is 0 Å². The maximum absolute atomic E-state index is 11.5. The van der Waals surface area contributed by atoms with Crippen molar-refractivity contribution >= 4 is 16.8 Å². The monoisotopic (exact) mass is 353 g/mol. The predicted octanol–water partition coefficient (Wildman–Crippen LogP) is 3.11. The SMILES string of the molecule is C=CCC[C@H](CN1CCN(C(C)=O)CC1)Oc1ccc2ccccc2n1. The summed E-state index contributed by atoms with van der Waals surface area (Å²) in [5.41, 5.74) is 0.947. The van der Waals surface area contributed by atoms with Crippen LogP contribution in [0, 0.1) is 0 Å². The van der Waals surface area contributed by atoms with Crippen LogP contribution in [0.25, 0.3) is 10.9 Å². The summed E-state index contributed by atoms with van der Waals surface area (Å²) in [4.78, 5) is 20.4. The van der Waals surface area contributed by atoms with Gasteiger partial charge in [0, 0.05) is 51.1 Å². The Hall–Kier alpha value is -2.40. The number of pyridine rings is 1. The summed E-state index contributed by atoms with van der Waals surface area (Å²) in [6.07, 6.45) is 3.81. The van der Waals surface area contributed by atoms with Crippen LogP contribution in [-0.4, -0.2) is 59.5 Å². The van der Waals surface area contributed by atoms with Gasteiger partial charge in [-0.3, -0.25) is 9.69 Å². The molecule has 0 N–H and O–H groups in total. The molecule has 1 amide bonds. The number of nitrogens with zero attached hydrogens (tertiary/aromatic N) is 3. The van der Waals surface area contributed by atoms with Gasteiger partial charge in [0.1, 0.15) is 6.10 Å². The number of carbonyl (C=O) groups is 1. The predicted molar refractivity (Wildman–Crippen MR) is 104 cm³/mol. The van der Waals surface area contributed by atoms with E-state index in [2.05, 4.69) is 22.5 Å². The Kier molecular flexibility index (Phi) is 6.23. The molecule has 2 heterocycles. The van der Waals surface area contributed by atoms with Gasteiger partial charge in [-0.2, -0.15) is 0 Å². The van der Waals surface area contributed by atoms with E-state index in [1.165, 1.54) is 0 Å². The van der Waals surface area contributed by atoms with Crippen molar-refractivity contribution in [3.8, 4) is 5.88 Å². The van der Waals surface area contributed by atoms with Crippen LogP contribution >= 0.6 is 0 Å². The number of piperazine rings is 1. The molecular formula is C21H27N3O2. The first-order valence-corrected chi connectivity index (χ1v) is 9.27. The van der Waals surface area contributed by atoms with Crippen LogP contribution in [0.1, 0.15) is 19.8 Å². The van der Waals surface area contributed by atoms with Gasteiger partial charge >= 0.3 is 0 Å². The zero-order valence-electron chi connectivity index (χ0n) is 15.4. The molecule has 0 bridgehead atoms. The first-order chi connectivity index (χ1) is 12.7. The zero-order chi connectivity index (χ0) is 18.4. The lowest BCUT2D eigenvalue weighted by atomic mass is 10.1. The lowest BCUT2D eigenvalue weighted by molar-refractivity contribution is -0.130. The van der Waals surface area contributed by atoms with Gasteiger partial charge in [0.05, 0.1) is 5.52 Å². The highest BCUT2D eigenvalue weighted by Gasteiger charge is 2.22. The molecule has 1 aromatic heterocycles. The summed E-state index contributed by atoms with van der Waals surface area (Å²) in [6.45, 7) is 9.66. The number of amides is 1. The molecule has 0 saturated carbocycles. The molecule has 1 aliphatic heterocycles. The number of hydrogen-bond acceptors (Lipinski definition) is 4. The first-order valence-electron chi connectivity index (χ1n) is 9.27. The molecule has 2 aromatic rings. The first kappa shape index (κ1) is 18.4. The van der Waals surface area contributed by atoms with Crippen LogP contribution in [-0.2, 0) is 4.79 Å². The van der Waals surface area contributed by atoms with Gasteiger partial charge in [0.2, 0.25) is 11.8 Å². The second kappa shape index (κ2) is 8.81. The van der Waals surface area contributed by atoms with Crippen molar-refractivity contribution in [3.63, 3.8) is 0 Å². The Bertz CT molecular complexity index is 754. The molecule has 1 atom stereocenters. The quantitative estimate of drug-likeness (QED) is 0.718. The van der Waals surface area contributed by atoms with Crippen LogP contribution in [0.2, 0.25) is 0 Å². The summed E-state index contributed by atoms with van der Waals surface area (Å²) in [5, 5.41) is 1.11. The van der Waals surface area contributed by atoms with Crippen molar-refractivity contribution in [2.45, 2.75) is 25.9 Å². The molecular weight excluding hydrogens is 326 g/mol. The molecule has 1 aliphatic rings. The minimum Gasteiger partial charge on any atom is -0.473 e. The topological polar surface area (TPSA) is 45.7 Å². The van der Waals surface area contributed by atoms with Crippen LogP contribution in [0.15, 0.2) is 49.1 Å². The fraction of sp³-hybridized carbons (Fsp3) is 0.429. The molecule has 0 radical (unpaired) electrons. The van der Waals surface area contributed by atoms with Crippen molar-refractivity contribution in [3.05, 3.63) is 49.1 Å². The van der Waals surface area contributed by atoms with E-state index in [0.717, 1.165) is 56.5 Å². The summed E-state index contributed by atoms with van der Waals surface area (Å²) in [7, 11) is 0. The molecule has 1 fully saturated rings. The summed E-state index contributed by atoms with van der Waals surface area (Å²) in [5.74, 6) is 0.824. The number of allylic oxidation sites excluding steroid dienone is 1. The van der Waals surface area contributed by atoms with E-state index in [9.17, 15) is 4.79 Å². The van der Waals surface area contributed by atoms with Gasteiger partial charge in [-0.15, -0.1) is 6.58 Å². The summed E-state index contributed by atoms with van der Waals surface area (Å²) < 4.78 is 6.22. The maximum Gasteiger partial charge on any atom is 0.219 e. The molecule has 138 valence electrons. The third-order valence-corrected chi connectivity index (χ3v) is 4.83. The maximum atomic E-state index is 11.5. The van der Waals surface area contributed by atoms with Crippen LogP contribution in [0.5, 0.6) is 5.88 Å². The Morgan fingerprint density at radius 1 is 1.23 bits per heavy atom. The van der Waals surface area contributed by atoms with E-state index in [1.54, 1.807) is 6.92 Å². The second-order valence-corrected chi connectivity index (χ2v) is 6.75. The average molecular weight is 353 g/mol. The number of hydrogen-bond donors (Lipinski definition) is 0. The van der Waals surface area contributed by atoms with E-state index in [1.807, 2.05) is 41.3 Å².